The molecule has 0 aliphatic rings. The molecule has 9 nitrogen and oxygen atoms in total. The fourth-order valence-corrected chi connectivity index (χ4v) is 3.35. The normalized spacial score (nSPS) is 10.8. The largest absolute Gasteiger partial charge is 0.457 e. The van der Waals surface area contributed by atoms with Crippen molar-refractivity contribution in [2.45, 2.75) is 27.2 Å². The van der Waals surface area contributed by atoms with E-state index in [0.717, 1.165) is 5.52 Å². The number of ether oxygens (including phenoxy) is 1. The number of hydrogen-bond donors (Lipinski definition) is 3. The number of H-pyrrole nitrogens is 2. The number of nitrogens with zero attached hydrogens (tertiary/aromatic N) is 1. The quantitative estimate of drug-likeness (QED) is 0.385. The molecule has 2 heterocycles. The highest BCUT2D eigenvalue weighted by molar-refractivity contribution is 6.05. The van der Waals surface area contributed by atoms with Crippen molar-refractivity contribution in [3.05, 3.63) is 52.5 Å². The molecular formula is C21H22N4O5. The van der Waals surface area contributed by atoms with Crippen LogP contribution in [0, 0.1) is 13.8 Å². The Balaban J connectivity index is 1.48. The van der Waals surface area contributed by atoms with Gasteiger partial charge in [-0.1, -0.05) is 18.2 Å². The van der Waals surface area contributed by atoms with E-state index in [4.69, 9.17) is 4.74 Å². The molecule has 30 heavy (non-hydrogen) atoms. The van der Waals surface area contributed by atoms with Crippen molar-refractivity contribution in [1.29, 1.82) is 0 Å². The van der Waals surface area contributed by atoms with Gasteiger partial charge in [-0.05, 0) is 32.4 Å². The molecule has 0 saturated heterocycles. The maximum Gasteiger partial charge on any atom is 0.308 e. The topological polar surface area (TPSA) is 134 Å². The molecule has 156 valence electrons. The number of rotatable bonds is 8. The lowest BCUT2D eigenvalue weighted by Crippen LogP contribution is -2.27. The number of para-hydroxylation sites is 1. The van der Waals surface area contributed by atoms with Gasteiger partial charge in [0, 0.05) is 23.2 Å². The third kappa shape index (κ3) is 4.29. The van der Waals surface area contributed by atoms with Gasteiger partial charge in [0.15, 0.2) is 18.1 Å². The van der Waals surface area contributed by atoms with Gasteiger partial charge in [0.2, 0.25) is 5.78 Å². The number of nitrogens with one attached hydrogen (secondary N) is 3. The number of Topliss-reactive ketones (excluding diaryl/α,β-unsaturated/α-hetero) is 2. The summed E-state index contributed by atoms with van der Waals surface area (Å²) in [5, 5.41) is 10.1. The Kier molecular flexibility index (Phi) is 6.10. The number of benzene rings is 1. The van der Waals surface area contributed by atoms with E-state index in [1.165, 1.54) is 6.92 Å². The summed E-state index contributed by atoms with van der Waals surface area (Å²) in [6.45, 7) is 4.40. The third-order valence-corrected chi connectivity index (χ3v) is 4.73. The van der Waals surface area contributed by atoms with Gasteiger partial charge in [-0.25, -0.2) is 0 Å². The van der Waals surface area contributed by atoms with Crippen LogP contribution in [0.2, 0.25) is 0 Å². The Morgan fingerprint density at radius 2 is 1.87 bits per heavy atom. The van der Waals surface area contributed by atoms with E-state index >= 15 is 0 Å². The summed E-state index contributed by atoms with van der Waals surface area (Å²) < 4.78 is 5.00. The van der Waals surface area contributed by atoms with Gasteiger partial charge in [0.1, 0.15) is 0 Å². The molecule has 0 saturated carbocycles. The predicted molar refractivity (Wildman–Crippen MR) is 109 cm³/mol. The standard InChI is InChI=1S/C21H22N4O5/c1-11-18(13(3)26)12(2)23-19(11)16(27)10-30-17(28)8-9-22-21(29)20-14-6-4-5-7-15(14)24-25-20/h4-7,23H,8-10H2,1-3H3,(H,22,29)(H,24,25). The minimum atomic E-state index is -0.622. The Morgan fingerprint density at radius 1 is 1.13 bits per heavy atom. The zero-order valence-corrected chi connectivity index (χ0v) is 16.9. The Bertz CT molecular complexity index is 1140. The van der Waals surface area contributed by atoms with Gasteiger partial charge >= 0.3 is 5.97 Å². The van der Waals surface area contributed by atoms with E-state index in [-0.39, 0.29) is 30.1 Å². The van der Waals surface area contributed by atoms with Crippen molar-refractivity contribution in [1.82, 2.24) is 20.5 Å². The van der Waals surface area contributed by atoms with Gasteiger partial charge in [0.05, 0.1) is 17.6 Å². The van der Waals surface area contributed by atoms with Gasteiger partial charge in [-0.2, -0.15) is 5.10 Å². The van der Waals surface area contributed by atoms with E-state index in [0.29, 0.717) is 22.2 Å². The number of ketones is 2. The molecule has 1 amide bonds. The van der Waals surface area contributed by atoms with Crippen LogP contribution >= 0.6 is 0 Å². The molecule has 0 radical (unpaired) electrons. The first-order valence-corrected chi connectivity index (χ1v) is 9.39. The maximum absolute atomic E-state index is 12.3. The molecule has 0 bridgehead atoms. The summed E-state index contributed by atoms with van der Waals surface area (Å²) in [7, 11) is 0. The zero-order chi connectivity index (χ0) is 21.8. The summed E-state index contributed by atoms with van der Waals surface area (Å²) >= 11 is 0. The Hall–Kier alpha value is -3.75. The number of carbonyl (C=O) groups is 4. The summed E-state index contributed by atoms with van der Waals surface area (Å²) in [5.41, 5.74) is 2.85. The monoisotopic (exact) mass is 410 g/mol. The van der Waals surface area contributed by atoms with Crippen LogP contribution in [0.15, 0.2) is 24.3 Å². The van der Waals surface area contributed by atoms with Gasteiger partial charge in [0.25, 0.3) is 5.91 Å². The molecule has 0 fully saturated rings. The van der Waals surface area contributed by atoms with E-state index in [1.54, 1.807) is 32.0 Å². The number of esters is 1. The average molecular weight is 410 g/mol. The fraction of sp³-hybridized carbons (Fsp3) is 0.286. The summed E-state index contributed by atoms with van der Waals surface area (Å²) in [6.07, 6.45) is -0.0944. The lowest BCUT2D eigenvalue weighted by Gasteiger charge is -2.05. The first-order valence-electron chi connectivity index (χ1n) is 9.39. The molecule has 0 aliphatic carbocycles. The van der Waals surface area contributed by atoms with Crippen LogP contribution in [-0.2, 0) is 9.53 Å². The highest BCUT2D eigenvalue weighted by Crippen LogP contribution is 2.19. The second-order valence-corrected chi connectivity index (χ2v) is 6.89. The van der Waals surface area contributed by atoms with Crippen molar-refractivity contribution in [3.63, 3.8) is 0 Å². The number of aromatic amines is 2. The van der Waals surface area contributed by atoms with Crippen LogP contribution in [-0.4, -0.2) is 51.8 Å². The lowest BCUT2D eigenvalue weighted by molar-refractivity contribution is -0.142. The van der Waals surface area contributed by atoms with Crippen molar-refractivity contribution in [2.24, 2.45) is 0 Å². The molecule has 0 spiro atoms. The van der Waals surface area contributed by atoms with Crippen molar-refractivity contribution in [3.8, 4) is 0 Å². The number of amides is 1. The lowest BCUT2D eigenvalue weighted by atomic mass is 10.1. The van der Waals surface area contributed by atoms with Crippen LogP contribution < -0.4 is 5.32 Å². The second kappa shape index (κ2) is 8.73. The third-order valence-electron chi connectivity index (χ3n) is 4.73. The minimum absolute atomic E-state index is 0.0438. The first-order chi connectivity index (χ1) is 14.3. The molecule has 2 aromatic heterocycles. The van der Waals surface area contributed by atoms with E-state index < -0.39 is 24.3 Å². The van der Waals surface area contributed by atoms with E-state index in [1.807, 2.05) is 6.07 Å². The molecule has 1 aromatic carbocycles. The van der Waals surface area contributed by atoms with Gasteiger partial charge < -0.3 is 15.0 Å². The Labute approximate surface area is 172 Å². The predicted octanol–water partition coefficient (Wildman–Crippen LogP) is 2.26. The van der Waals surface area contributed by atoms with Crippen LogP contribution in [0.3, 0.4) is 0 Å². The first kappa shape index (κ1) is 21.0. The summed E-state index contributed by atoms with van der Waals surface area (Å²) in [6, 6.07) is 7.21. The van der Waals surface area contributed by atoms with Crippen molar-refractivity contribution < 1.29 is 23.9 Å². The second-order valence-electron chi connectivity index (χ2n) is 6.89. The SMILES string of the molecule is CC(=O)c1c(C)[nH]c(C(=O)COC(=O)CCNC(=O)c2n[nH]c3ccccc23)c1C. The molecular weight excluding hydrogens is 388 g/mol. The van der Waals surface area contributed by atoms with Crippen molar-refractivity contribution in [2.75, 3.05) is 13.2 Å². The number of fused-ring (bicyclic) bond motifs is 1. The number of hydrogen-bond acceptors (Lipinski definition) is 6. The summed E-state index contributed by atoms with van der Waals surface area (Å²) in [5.74, 6) is -1.60. The molecule has 3 N–H and O–H groups in total. The van der Waals surface area contributed by atoms with Crippen LogP contribution in [0.1, 0.15) is 55.9 Å². The van der Waals surface area contributed by atoms with Crippen LogP contribution in [0.4, 0.5) is 0 Å². The number of aromatic nitrogens is 3. The molecule has 0 atom stereocenters. The number of aryl methyl sites for hydroxylation is 1. The Morgan fingerprint density at radius 3 is 2.57 bits per heavy atom. The molecule has 0 aliphatic heterocycles. The molecule has 3 rings (SSSR count). The van der Waals surface area contributed by atoms with Gasteiger partial charge in [-0.3, -0.25) is 24.3 Å². The maximum atomic E-state index is 12.3. The zero-order valence-electron chi connectivity index (χ0n) is 16.9. The van der Waals surface area contributed by atoms with E-state index in [9.17, 15) is 19.2 Å². The molecule has 0 unspecified atom stereocenters. The van der Waals surface area contributed by atoms with E-state index in [2.05, 4.69) is 20.5 Å². The fourth-order valence-electron chi connectivity index (χ4n) is 3.35. The minimum Gasteiger partial charge on any atom is -0.457 e. The van der Waals surface area contributed by atoms with Crippen LogP contribution in [0.25, 0.3) is 10.9 Å². The average Bonchev–Trinajstić information content (AvgIpc) is 3.26. The highest BCUT2D eigenvalue weighted by Gasteiger charge is 2.21. The molecule has 3 aromatic rings. The van der Waals surface area contributed by atoms with Crippen molar-refractivity contribution >= 4 is 34.3 Å². The summed E-state index contributed by atoms with van der Waals surface area (Å²) in [4.78, 5) is 51.0. The number of carbonyl (C=O) groups excluding carboxylic acids is 4. The van der Waals surface area contributed by atoms with Crippen LogP contribution in [0.5, 0.6) is 0 Å². The smallest absolute Gasteiger partial charge is 0.308 e. The van der Waals surface area contributed by atoms with Gasteiger partial charge in [-0.15, -0.1) is 0 Å². The molecule has 9 heteroatoms. The highest BCUT2D eigenvalue weighted by atomic mass is 16.5.